The third kappa shape index (κ3) is 3.35. The largest absolute Gasteiger partial charge is 0.318 e. The second-order valence-electron chi connectivity index (χ2n) is 5.84. The van der Waals surface area contributed by atoms with Gasteiger partial charge in [0.15, 0.2) is 0 Å². The summed E-state index contributed by atoms with van der Waals surface area (Å²) in [6.45, 7) is 3.72. The van der Waals surface area contributed by atoms with Gasteiger partial charge in [-0.05, 0) is 44.2 Å². The number of hydrogen-bond acceptors (Lipinski definition) is 2. The van der Waals surface area contributed by atoms with Crippen molar-refractivity contribution in [2.75, 3.05) is 0 Å². The molecule has 0 saturated heterocycles. The lowest BCUT2D eigenvalue weighted by atomic mass is 10.2. The predicted octanol–water partition coefficient (Wildman–Crippen LogP) is 3.31. The molecule has 2 N–H and O–H groups in total. The summed E-state index contributed by atoms with van der Waals surface area (Å²) >= 11 is 0. The molecular weight excluding hydrogens is 333 g/mol. The Kier molecular flexibility index (Phi) is 4.84. The Morgan fingerprint density at radius 3 is 2.08 bits per heavy atom. The number of aryl methyl sites for hydroxylation is 1. The van der Waals surface area contributed by atoms with Crippen LogP contribution in [-0.2, 0) is 0 Å². The highest BCUT2D eigenvalue weighted by Crippen LogP contribution is 2.20. The van der Waals surface area contributed by atoms with Crippen LogP contribution >= 0.6 is 0 Å². The minimum atomic E-state index is -0.715. The Hall–Kier alpha value is -3.41. The highest BCUT2D eigenvalue weighted by molar-refractivity contribution is 6.00. The van der Waals surface area contributed by atoms with E-state index < -0.39 is 17.6 Å². The van der Waals surface area contributed by atoms with Gasteiger partial charge in [-0.1, -0.05) is 30.3 Å². The number of halogens is 1. The molecule has 0 saturated carbocycles. The topological polar surface area (TPSA) is 63.1 Å². The molecule has 3 rings (SSSR count). The molecule has 1 heterocycles. The zero-order valence-electron chi connectivity index (χ0n) is 14.4. The van der Waals surface area contributed by atoms with Gasteiger partial charge in [0.2, 0.25) is 0 Å². The predicted molar refractivity (Wildman–Crippen MR) is 96.6 cm³/mol. The van der Waals surface area contributed by atoms with Gasteiger partial charge in [-0.2, -0.15) is 0 Å². The first kappa shape index (κ1) is 17.4. The molecule has 132 valence electrons. The van der Waals surface area contributed by atoms with Gasteiger partial charge in [0, 0.05) is 17.1 Å². The number of rotatable bonds is 3. The molecule has 0 radical (unpaired) electrons. The van der Waals surface area contributed by atoms with E-state index in [0.717, 1.165) is 17.1 Å². The van der Waals surface area contributed by atoms with Crippen molar-refractivity contribution in [3.63, 3.8) is 0 Å². The van der Waals surface area contributed by atoms with Crippen molar-refractivity contribution in [3.05, 3.63) is 89.0 Å². The standard InChI is InChI=1S/C20H18FN3O2/c1-13-12-17(14(2)24(13)15-8-4-3-5-9-15)20(26)23-22-19(25)16-10-6-7-11-18(16)21/h3-12H,1-2H3,(H,22,25)(H,23,26). The minimum Gasteiger partial charge on any atom is -0.318 e. The van der Waals surface area contributed by atoms with Gasteiger partial charge in [-0.3, -0.25) is 20.4 Å². The monoisotopic (exact) mass is 351 g/mol. The highest BCUT2D eigenvalue weighted by atomic mass is 19.1. The molecule has 6 heteroatoms. The maximum Gasteiger partial charge on any atom is 0.272 e. The van der Waals surface area contributed by atoms with Crippen molar-refractivity contribution < 1.29 is 14.0 Å². The number of aromatic nitrogens is 1. The summed E-state index contributed by atoms with van der Waals surface area (Å²) in [4.78, 5) is 24.5. The molecule has 3 aromatic rings. The smallest absolute Gasteiger partial charge is 0.272 e. The number of carbonyl (C=O) groups excluding carboxylic acids is 2. The van der Waals surface area contributed by atoms with Gasteiger partial charge in [0.25, 0.3) is 11.8 Å². The number of nitrogens with zero attached hydrogens (tertiary/aromatic N) is 1. The van der Waals surface area contributed by atoms with E-state index in [1.54, 1.807) is 12.1 Å². The van der Waals surface area contributed by atoms with Crippen LogP contribution in [0.25, 0.3) is 5.69 Å². The Labute approximate surface area is 150 Å². The van der Waals surface area contributed by atoms with Crippen LogP contribution in [0.5, 0.6) is 0 Å². The molecule has 1 aromatic heterocycles. The van der Waals surface area contributed by atoms with Gasteiger partial charge < -0.3 is 4.57 Å². The summed E-state index contributed by atoms with van der Waals surface area (Å²) in [7, 11) is 0. The summed E-state index contributed by atoms with van der Waals surface area (Å²) in [6, 6.07) is 17.0. The lowest BCUT2D eigenvalue weighted by Crippen LogP contribution is -2.42. The Morgan fingerprint density at radius 2 is 1.42 bits per heavy atom. The zero-order chi connectivity index (χ0) is 18.7. The maximum absolute atomic E-state index is 13.6. The fourth-order valence-corrected chi connectivity index (χ4v) is 2.86. The van der Waals surface area contributed by atoms with Gasteiger partial charge in [-0.25, -0.2) is 4.39 Å². The van der Waals surface area contributed by atoms with E-state index >= 15 is 0 Å². The molecule has 0 aliphatic heterocycles. The molecule has 0 aliphatic carbocycles. The maximum atomic E-state index is 13.6. The molecule has 0 atom stereocenters. The first-order valence-electron chi connectivity index (χ1n) is 8.08. The molecule has 0 aliphatic rings. The fourth-order valence-electron chi connectivity index (χ4n) is 2.86. The molecule has 2 aromatic carbocycles. The number of para-hydroxylation sites is 1. The highest BCUT2D eigenvalue weighted by Gasteiger charge is 2.18. The van der Waals surface area contributed by atoms with E-state index in [2.05, 4.69) is 10.9 Å². The summed E-state index contributed by atoms with van der Waals surface area (Å²) in [5.74, 6) is -1.83. The van der Waals surface area contributed by atoms with E-state index in [-0.39, 0.29) is 5.56 Å². The Morgan fingerprint density at radius 1 is 0.846 bits per heavy atom. The number of amides is 2. The Bertz CT molecular complexity index is 964. The van der Waals surface area contributed by atoms with Crippen molar-refractivity contribution in [1.82, 2.24) is 15.4 Å². The van der Waals surface area contributed by atoms with Crippen LogP contribution in [0.4, 0.5) is 4.39 Å². The number of hydrogen-bond donors (Lipinski definition) is 2. The van der Waals surface area contributed by atoms with E-state index in [1.807, 2.05) is 48.7 Å². The minimum absolute atomic E-state index is 0.137. The van der Waals surface area contributed by atoms with Crippen LogP contribution in [0.3, 0.4) is 0 Å². The summed E-state index contributed by atoms with van der Waals surface area (Å²) in [6.07, 6.45) is 0. The number of benzene rings is 2. The van der Waals surface area contributed by atoms with Crippen molar-refractivity contribution in [2.24, 2.45) is 0 Å². The second kappa shape index (κ2) is 7.23. The lowest BCUT2D eigenvalue weighted by Gasteiger charge is -2.10. The average molecular weight is 351 g/mol. The number of hydrazine groups is 1. The van der Waals surface area contributed by atoms with Crippen LogP contribution in [0.2, 0.25) is 0 Å². The quantitative estimate of drug-likeness (QED) is 0.711. The van der Waals surface area contributed by atoms with Gasteiger partial charge in [-0.15, -0.1) is 0 Å². The molecule has 0 fully saturated rings. The summed E-state index contributed by atoms with van der Waals surface area (Å²) < 4.78 is 15.6. The summed E-state index contributed by atoms with van der Waals surface area (Å²) in [5, 5.41) is 0. The van der Waals surface area contributed by atoms with Crippen LogP contribution in [0.1, 0.15) is 32.1 Å². The van der Waals surface area contributed by atoms with E-state index in [0.29, 0.717) is 5.56 Å². The average Bonchev–Trinajstić information content (AvgIpc) is 2.95. The van der Waals surface area contributed by atoms with Crippen molar-refractivity contribution in [2.45, 2.75) is 13.8 Å². The fraction of sp³-hybridized carbons (Fsp3) is 0.100. The van der Waals surface area contributed by atoms with Crippen LogP contribution in [0, 0.1) is 19.7 Å². The SMILES string of the molecule is Cc1cc(C(=O)NNC(=O)c2ccccc2F)c(C)n1-c1ccccc1. The van der Waals surface area contributed by atoms with Crippen LogP contribution < -0.4 is 10.9 Å². The Balaban J connectivity index is 1.77. The normalized spacial score (nSPS) is 10.4. The van der Waals surface area contributed by atoms with Crippen LogP contribution in [-0.4, -0.2) is 16.4 Å². The molecule has 0 spiro atoms. The number of carbonyl (C=O) groups is 2. The molecule has 0 bridgehead atoms. The van der Waals surface area contributed by atoms with Crippen LogP contribution in [0.15, 0.2) is 60.7 Å². The van der Waals surface area contributed by atoms with Gasteiger partial charge in [0.1, 0.15) is 5.82 Å². The van der Waals surface area contributed by atoms with Crippen molar-refractivity contribution >= 4 is 11.8 Å². The molecule has 5 nitrogen and oxygen atoms in total. The first-order valence-corrected chi connectivity index (χ1v) is 8.08. The third-order valence-electron chi connectivity index (χ3n) is 4.10. The molecule has 2 amide bonds. The number of nitrogens with one attached hydrogen (secondary N) is 2. The lowest BCUT2D eigenvalue weighted by molar-refractivity contribution is 0.0844. The zero-order valence-corrected chi connectivity index (χ0v) is 14.4. The molecular formula is C20H18FN3O2. The van der Waals surface area contributed by atoms with E-state index in [9.17, 15) is 14.0 Å². The third-order valence-corrected chi connectivity index (χ3v) is 4.10. The van der Waals surface area contributed by atoms with Gasteiger partial charge >= 0.3 is 0 Å². The summed E-state index contributed by atoms with van der Waals surface area (Å²) in [5.41, 5.74) is 7.45. The van der Waals surface area contributed by atoms with Gasteiger partial charge in [0.05, 0.1) is 11.1 Å². The van der Waals surface area contributed by atoms with Crippen molar-refractivity contribution in [1.29, 1.82) is 0 Å². The van der Waals surface area contributed by atoms with E-state index in [1.165, 1.54) is 18.2 Å². The van der Waals surface area contributed by atoms with E-state index in [4.69, 9.17) is 0 Å². The molecule has 0 unspecified atom stereocenters. The van der Waals surface area contributed by atoms with Crippen molar-refractivity contribution in [3.8, 4) is 5.69 Å². The molecule has 26 heavy (non-hydrogen) atoms. The second-order valence-corrected chi connectivity index (χ2v) is 5.84. The first-order chi connectivity index (χ1) is 12.5.